The summed E-state index contributed by atoms with van der Waals surface area (Å²) in [5.41, 5.74) is -0.581. The summed E-state index contributed by atoms with van der Waals surface area (Å²) in [6.07, 6.45) is 2.87. The largest absolute Gasteiger partial charge is 0.396 e. The molecule has 3 N–H and O–H groups in total. The van der Waals surface area contributed by atoms with Crippen molar-refractivity contribution in [1.29, 1.82) is 0 Å². The van der Waals surface area contributed by atoms with E-state index in [4.69, 9.17) is 5.11 Å². The maximum atomic E-state index is 9.68. The monoisotopic (exact) mass is 203 g/mol. The van der Waals surface area contributed by atoms with Crippen LogP contribution in [0.25, 0.3) is 0 Å². The molecule has 0 heterocycles. The summed E-state index contributed by atoms with van der Waals surface area (Å²) in [6, 6.07) is 0. The minimum atomic E-state index is -0.581. The second-order valence-corrected chi connectivity index (χ2v) is 4.46. The number of aliphatic hydroxyl groups is 2. The molecule has 0 aliphatic rings. The van der Waals surface area contributed by atoms with Gasteiger partial charge in [0.05, 0.1) is 5.60 Å². The molecule has 3 heteroatoms. The molecule has 0 bridgehead atoms. The van der Waals surface area contributed by atoms with Gasteiger partial charge < -0.3 is 15.5 Å². The van der Waals surface area contributed by atoms with E-state index in [-0.39, 0.29) is 6.61 Å². The Balaban J connectivity index is 3.30. The number of hydrogen-bond acceptors (Lipinski definition) is 3. The summed E-state index contributed by atoms with van der Waals surface area (Å²) in [6.45, 7) is 7.71. The molecule has 0 aromatic carbocycles. The third-order valence-electron chi connectivity index (χ3n) is 2.63. The first-order valence-corrected chi connectivity index (χ1v) is 5.56. The molecule has 0 fully saturated rings. The number of hydrogen-bond donors (Lipinski definition) is 3. The van der Waals surface area contributed by atoms with Gasteiger partial charge in [0.15, 0.2) is 0 Å². The minimum Gasteiger partial charge on any atom is -0.396 e. The van der Waals surface area contributed by atoms with Gasteiger partial charge in [-0.25, -0.2) is 0 Å². The highest BCUT2D eigenvalue weighted by atomic mass is 16.3. The van der Waals surface area contributed by atoms with Crippen LogP contribution in [-0.4, -0.2) is 35.5 Å². The summed E-state index contributed by atoms with van der Waals surface area (Å²) >= 11 is 0. The number of aliphatic hydroxyl groups excluding tert-OH is 1. The molecule has 0 radical (unpaired) electrons. The fraction of sp³-hybridized carbons (Fsp3) is 1.00. The van der Waals surface area contributed by atoms with Gasteiger partial charge >= 0.3 is 0 Å². The summed E-state index contributed by atoms with van der Waals surface area (Å²) < 4.78 is 0. The van der Waals surface area contributed by atoms with Gasteiger partial charge in [-0.1, -0.05) is 13.8 Å². The Morgan fingerprint density at radius 1 is 1.43 bits per heavy atom. The van der Waals surface area contributed by atoms with Gasteiger partial charge in [-0.3, -0.25) is 0 Å². The van der Waals surface area contributed by atoms with E-state index in [9.17, 15) is 5.11 Å². The lowest BCUT2D eigenvalue weighted by Gasteiger charge is -2.21. The summed E-state index contributed by atoms with van der Waals surface area (Å²) in [5, 5.41) is 21.7. The van der Waals surface area contributed by atoms with Gasteiger partial charge in [0, 0.05) is 13.2 Å². The van der Waals surface area contributed by atoms with E-state index in [1.54, 1.807) is 0 Å². The van der Waals surface area contributed by atoms with Crippen LogP contribution in [0.3, 0.4) is 0 Å². The third kappa shape index (κ3) is 7.30. The molecule has 0 aliphatic heterocycles. The van der Waals surface area contributed by atoms with E-state index in [0.717, 1.165) is 25.8 Å². The first-order chi connectivity index (χ1) is 6.52. The topological polar surface area (TPSA) is 52.5 Å². The zero-order chi connectivity index (χ0) is 11.0. The van der Waals surface area contributed by atoms with E-state index < -0.39 is 5.60 Å². The van der Waals surface area contributed by atoms with Crippen LogP contribution in [0, 0.1) is 5.92 Å². The lowest BCUT2D eigenvalue weighted by atomic mass is 10.0. The van der Waals surface area contributed by atoms with Crippen LogP contribution in [0.1, 0.15) is 40.0 Å². The SMILES string of the molecule is CCC(C)(O)CNCCCC(C)CO. The van der Waals surface area contributed by atoms with Crippen molar-refractivity contribution < 1.29 is 10.2 Å². The number of rotatable bonds is 8. The normalized spacial score (nSPS) is 17.8. The molecular formula is C11H25NO2. The molecule has 0 saturated carbocycles. The molecule has 2 atom stereocenters. The third-order valence-corrected chi connectivity index (χ3v) is 2.63. The highest BCUT2D eigenvalue weighted by molar-refractivity contribution is 4.72. The first-order valence-electron chi connectivity index (χ1n) is 5.56. The van der Waals surface area contributed by atoms with Crippen LogP contribution >= 0.6 is 0 Å². The van der Waals surface area contributed by atoms with Crippen LogP contribution in [0.2, 0.25) is 0 Å². The molecule has 86 valence electrons. The standard InChI is InChI=1S/C11H25NO2/c1-4-11(3,14)9-12-7-5-6-10(2)8-13/h10,12-14H,4-9H2,1-3H3. The van der Waals surface area contributed by atoms with Crippen LogP contribution in [-0.2, 0) is 0 Å². The molecule has 0 rings (SSSR count). The van der Waals surface area contributed by atoms with Gasteiger partial charge in [0.25, 0.3) is 0 Å². The molecule has 0 saturated heterocycles. The van der Waals surface area contributed by atoms with E-state index in [0.29, 0.717) is 12.5 Å². The van der Waals surface area contributed by atoms with Crippen LogP contribution in [0.15, 0.2) is 0 Å². The number of nitrogens with one attached hydrogen (secondary N) is 1. The van der Waals surface area contributed by atoms with Gasteiger partial charge in [-0.2, -0.15) is 0 Å². The molecule has 0 aliphatic carbocycles. The van der Waals surface area contributed by atoms with Crippen LogP contribution in [0.4, 0.5) is 0 Å². The van der Waals surface area contributed by atoms with Gasteiger partial charge in [0.2, 0.25) is 0 Å². The Labute approximate surface area is 87.5 Å². The highest BCUT2D eigenvalue weighted by Crippen LogP contribution is 2.06. The maximum Gasteiger partial charge on any atom is 0.0740 e. The Morgan fingerprint density at radius 3 is 2.57 bits per heavy atom. The Kier molecular flexibility index (Phi) is 7.15. The summed E-state index contributed by atoms with van der Waals surface area (Å²) in [4.78, 5) is 0. The van der Waals surface area contributed by atoms with Crippen molar-refractivity contribution in [2.24, 2.45) is 5.92 Å². The van der Waals surface area contributed by atoms with Gasteiger partial charge in [-0.15, -0.1) is 0 Å². The lowest BCUT2D eigenvalue weighted by Crippen LogP contribution is -2.37. The van der Waals surface area contributed by atoms with E-state index >= 15 is 0 Å². The lowest BCUT2D eigenvalue weighted by molar-refractivity contribution is 0.0558. The van der Waals surface area contributed by atoms with E-state index in [2.05, 4.69) is 5.32 Å². The van der Waals surface area contributed by atoms with Crippen molar-refractivity contribution in [3.63, 3.8) is 0 Å². The average Bonchev–Trinajstić information content (AvgIpc) is 2.17. The molecule has 3 nitrogen and oxygen atoms in total. The molecule has 0 aromatic rings. The van der Waals surface area contributed by atoms with Crippen molar-refractivity contribution in [2.75, 3.05) is 19.7 Å². The molecule has 0 amide bonds. The van der Waals surface area contributed by atoms with Crippen LogP contribution < -0.4 is 5.32 Å². The van der Waals surface area contributed by atoms with E-state index in [1.165, 1.54) is 0 Å². The predicted molar refractivity (Wildman–Crippen MR) is 59.3 cm³/mol. The Morgan fingerprint density at radius 2 is 2.07 bits per heavy atom. The zero-order valence-corrected chi connectivity index (χ0v) is 9.71. The van der Waals surface area contributed by atoms with Crippen molar-refractivity contribution in [3.05, 3.63) is 0 Å². The first kappa shape index (κ1) is 13.9. The van der Waals surface area contributed by atoms with Crippen molar-refractivity contribution in [3.8, 4) is 0 Å². The maximum absolute atomic E-state index is 9.68. The van der Waals surface area contributed by atoms with Crippen molar-refractivity contribution in [1.82, 2.24) is 5.32 Å². The zero-order valence-electron chi connectivity index (χ0n) is 9.71. The highest BCUT2D eigenvalue weighted by Gasteiger charge is 2.15. The predicted octanol–water partition coefficient (Wildman–Crippen LogP) is 1.15. The van der Waals surface area contributed by atoms with E-state index in [1.807, 2.05) is 20.8 Å². The molecule has 14 heavy (non-hydrogen) atoms. The Bertz CT molecular complexity index is 137. The summed E-state index contributed by atoms with van der Waals surface area (Å²) in [7, 11) is 0. The molecule has 2 unspecified atom stereocenters. The average molecular weight is 203 g/mol. The minimum absolute atomic E-state index is 0.271. The smallest absolute Gasteiger partial charge is 0.0740 e. The van der Waals surface area contributed by atoms with Gasteiger partial charge in [0.1, 0.15) is 0 Å². The second-order valence-electron chi connectivity index (χ2n) is 4.46. The molecule has 0 spiro atoms. The second kappa shape index (κ2) is 7.21. The Hall–Kier alpha value is -0.120. The quantitative estimate of drug-likeness (QED) is 0.519. The van der Waals surface area contributed by atoms with Crippen molar-refractivity contribution in [2.45, 2.75) is 45.6 Å². The fourth-order valence-electron chi connectivity index (χ4n) is 1.15. The van der Waals surface area contributed by atoms with Crippen LogP contribution in [0.5, 0.6) is 0 Å². The molecular weight excluding hydrogens is 178 g/mol. The van der Waals surface area contributed by atoms with Crippen molar-refractivity contribution >= 4 is 0 Å². The van der Waals surface area contributed by atoms with Gasteiger partial charge in [-0.05, 0) is 38.6 Å². The molecule has 0 aromatic heterocycles. The summed E-state index contributed by atoms with van der Waals surface area (Å²) in [5.74, 6) is 0.392. The fourth-order valence-corrected chi connectivity index (χ4v) is 1.15.